The Bertz CT molecular complexity index is 428. The van der Waals surface area contributed by atoms with Crippen molar-refractivity contribution < 1.29 is 4.79 Å². The Labute approximate surface area is 93.3 Å². The van der Waals surface area contributed by atoms with Gasteiger partial charge < -0.3 is 0 Å². The maximum Gasteiger partial charge on any atom is 0.242 e. The molecule has 15 heavy (non-hydrogen) atoms. The maximum absolute atomic E-state index is 11.2. The summed E-state index contributed by atoms with van der Waals surface area (Å²) in [5.74, 6) is 0.0470. The molecule has 78 valence electrons. The average Bonchev–Trinajstić information content (AvgIpc) is 2.23. The number of halogens is 1. The molecule has 1 aliphatic heterocycles. The number of nitrogens with zero attached hydrogens (tertiary/aromatic N) is 2. The predicted molar refractivity (Wildman–Crippen MR) is 60.0 cm³/mol. The number of amides is 1. The van der Waals surface area contributed by atoms with Crippen molar-refractivity contribution in [2.75, 3.05) is 7.05 Å². The lowest BCUT2D eigenvalue weighted by Crippen LogP contribution is -2.28. The fourth-order valence-corrected chi connectivity index (χ4v) is 1.80. The highest BCUT2D eigenvalue weighted by atomic mass is 35.5. The third kappa shape index (κ3) is 2.02. The molecule has 1 amide bonds. The van der Waals surface area contributed by atoms with Crippen molar-refractivity contribution in [2.45, 2.75) is 12.8 Å². The third-order valence-electron chi connectivity index (χ3n) is 2.39. The van der Waals surface area contributed by atoms with E-state index in [4.69, 9.17) is 11.6 Å². The Hall–Kier alpha value is -1.35. The van der Waals surface area contributed by atoms with Crippen LogP contribution in [0.15, 0.2) is 29.4 Å². The summed E-state index contributed by atoms with van der Waals surface area (Å²) in [4.78, 5) is 11.2. The smallest absolute Gasteiger partial charge is 0.242 e. The summed E-state index contributed by atoms with van der Waals surface area (Å²) in [6.07, 6.45) is 1.16. The first-order chi connectivity index (χ1) is 7.18. The summed E-state index contributed by atoms with van der Waals surface area (Å²) in [5.41, 5.74) is 1.79. The van der Waals surface area contributed by atoms with Crippen molar-refractivity contribution in [3.8, 4) is 0 Å². The van der Waals surface area contributed by atoms with Crippen molar-refractivity contribution in [1.82, 2.24) is 5.01 Å². The molecule has 0 unspecified atom stereocenters. The van der Waals surface area contributed by atoms with Gasteiger partial charge in [-0.05, 0) is 6.07 Å². The van der Waals surface area contributed by atoms with E-state index < -0.39 is 0 Å². The third-order valence-corrected chi connectivity index (χ3v) is 2.72. The minimum absolute atomic E-state index is 0.0470. The van der Waals surface area contributed by atoms with E-state index in [1.54, 1.807) is 7.05 Å². The predicted octanol–water partition coefficient (Wildman–Crippen LogP) is 2.30. The summed E-state index contributed by atoms with van der Waals surface area (Å²) in [5, 5.41) is 6.27. The minimum atomic E-state index is 0.0470. The number of hydrogen-bond donors (Lipinski definition) is 0. The lowest BCUT2D eigenvalue weighted by Gasteiger charge is -2.19. The quantitative estimate of drug-likeness (QED) is 0.718. The lowest BCUT2D eigenvalue weighted by molar-refractivity contribution is -0.130. The van der Waals surface area contributed by atoms with Gasteiger partial charge in [-0.25, -0.2) is 5.01 Å². The average molecular weight is 223 g/mol. The van der Waals surface area contributed by atoms with Crippen LogP contribution >= 0.6 is 11.6 Å². The molecule has 1 heterocycles. The first kappa shape index (κ1) is 10.2. The molecule has 0 spiro atoms. The van der Waals surface area contributed by atoms with Crippen LogP contribution in [-0.4, -0.2) is 23.7 Å². The molecule has 0 radical (unpaired) electrons. The van der Waals surface area contributed by atoms with Crippen molar-refractivity contribution in [1.29, 1.82) is 0 Å². The van der Waals surface area contributed by atoms with Gasteiger partial charge in [-0.3, -0.25) is 4.79 Å². The summed E-state index contributed by atoms with van der Waals surface area (Å²) in [7, 11) is 1.67. The highest BCUT2D eigenvalue weighted by molar-refractivity contribution is 6.34. The van der Waals surface area contributed by atoms with Crippen molar-refractivity contribution in [2.24, 2.45) is 5.10 Å². The van der Waals surface area contributed by atoms with Gasteiger partial charge in [0, 0.05) is 30.5 Å². The molecule has 0 atom stereocenters. The van der Waals surface area contributed by atoms with Crippen molar-refractivity contribution >= 4 is 23.2 Å². The van der Waals surface area contributed by atoms with Crippen LogP contribution in [0.2, 0.25) is 5.02 Å². The van der Waals surface area contributed by atoms with Gasteiger partial charge in [0.25, 0.3) is 0 Å². The summed E-state index contributed by atoms with van der Waals surface area (Å²) in [6, 6.07) is 7.55. The molecule has 2 rings (SSSR count). The largest absolute Gasteiger partial charge is 0.273 e. The second-order valence-corrected chi connectivity index (χ2v) is 3.85. The number of carbonyl (C=O) groups is 1. The normalized spacial score (nSPS) is 16.5. The molecule has 1 aromatic rings. The van der Waals surface area contributed by atoms with Crippen LogP contribution in [0.5, 0.6) is 0 Å². The number of hydrogen-bond acceptors (Lipinski definition) is 2. The number of rotatable bonds is 1. The van der Waals surface area contributed by atoms with Gasteiger partial charge in [0.05, 0.1) is 5.71 Å². The monoisotopic (exact) mass is 222 g/mol. The molecule has 4 heteroatoms. The van der Waals surface area contributed by atoms with Gasteiger partial charge in [-0.2, -0.15) is 5.10 Å². The standard InChI is InChI=1S/C11H11ClN2O/c1-14-11(15)7-6-10(13-14)8-4-2-3-5-9(8)12/h2-5H,6-7H2,1H3. The van der Waals surface area contributed by atoms with Crippen LogP contribution in [-0.2, 0) is 4.79 Å². The fraction of sp³-hybridized carbons (Fsp3) is 0.273. The van der Waals surface area contributed by atoms with E-state index in [2.05, 4.69) is 5.10 Å². The number of benzene rings is 1. The van der Waals surface area contributed by atoms with Crippen LogP contribution in [0.25, 0.3) is 0 Å². The summed E-state index contributed by atoms with van der Waals surface area (Å²) in [6.45, 7) is 0. The van der Waals surface area contributed by atoms with Crippen LogP contribution < -0.4 is 0 Å². The molecule has 0 aliphatic carbocycles. The Morgan fingerprint density at radius 2 is 2.07 bits per heavy atom. The van der Waals surface area contributed by atoms with E-state index in [9.17, 15) is 4.79 Å². The molecule has 1 aliphatic rings. The molecular weight excluding hydrogens is 212 g/mol. The molecule has 0 bridgehead atoms. The van der Waals surface area contributed by atoms with Gasteiger partial charge >= 0.3 is 0 Å². The van der Waals surface area contributed by atoms with E-state index in [1.807, 2.05) is 24.3 Å². The zero-order valence-electron chi connectivity index (χ0n) is 8.40. The Morgan fingerprint density at radius 3 is 2.73 bits per heavy atom. The van der Waals surface area contributed by atoms with E-state index in [1.165, 1.54) is 5.01 Å². The topological polar surface area (TPSA) is 32.7 Å². The van der Waals surface area contributed by atoms with Gasteiger partial charge in [-0.15, -0.1) is 0 Å². The highest BCUT2D eigenvalue weighted by Gasteiger charge is 2.18. The van der Waals surface area contributed by atoms with E-state index in [0.717, 1.165) is 11.3 Å². The molecule has 0 N–H and O–H groups in total. The van der Waals surface area contributed by atoms with Gasteiger partial charge in [0.1, 0.15) is 0 Å². The van der Waals surface area contributed by atoms with E-state index in [-0.39, 0.29) is 5.91 Å². The Kier molecular flexibility index (Phi) is 2.73. The Balaban J connectivity index is 2.37. The van der Waals surface area contributed by atoms with Crippen LogP contribution in [0.3, 0.4) is 0 Å². The molecule has 0 saturated heterocycles. The van der Waals surface area contributed by atoms with Gasteiger partial charge in [0.15, 0.2) is 0 Å². The first-order valence-corrected chi connectivity index (χ1v) is 5.15. The Morgan fingerprint density at radius 1 is 1.33 bits per heavy atom. The van der Waals surface area contributed by atoms with Crippen LogP contribution in [0.1, 0.15) is 18.4 Å². The van der Waals surface area contributed by atoms with Crippen molar-refractivity contribution in [3.05, 3.63) is 34.9 Å². The van der Waals surface area contributed by atoms with Crippen molar-refractivity contribution in [3.63, 3.8) is 0 Å². The zero-order chi connectivity index (χ0) is 10.8. The highest BCUT2D eigenvalue weighted by Crippen LogP contribution is 2.20. The fourth-order valence-electron chi connectivity index (χ4n) is 1.56. The second kappa shape index (κ2) is 4.03. The van der Waals surface area contributed by atoms with Crippen LogP contribution in [0.4, 0.5) is 0 Å². The lowest BCUT2D eigenvalue weighted by atomic mass is 10.0. The first-order valence-electron chi connectivity index (χ1n) is 4.77. The summed E-state index contributed by atoms with van der Waals surface area (Å²) < 4.78 is 0. The minimum Gasteiger partial charge on any atom is -0.273 e. The number of carbonyl (C=O) groups excluding carboxylic acids is 1. The van der Waals surface area contributed by atoms with E-state index in [0.29, 0.717) is 17.9 Å². The second-order valence-electron chi connectivity index (χ2n) is 3.44. The molecule has 1 aromatic carbocycles. The van der Waals surface area contributed by atoms with E-state index >= 15 is 0 Å². The zero-order valence-corrected chi connectivity index (χ0v) is 9.16. The van der Waals surface area contributed by atoms with Gasteiger partial charge in [0.2, 0.25) is 5.91 Å². The SMILES string of the molecule is CN1N=C(c2ccccc2Cl)CCC1=O. The molecule has 3 nitrogen and oxygen atoms in total. The molecule has 0 fully saturated rings. The maximum atomic E-state index is 11.2. The molecular formula is C11H11ClN2O. The van der Waals surface area contributed by atoms with Gasteiger partial charge in [-0.1, -0.05) is 29.8 Å². The summed E-state index contributed by atoms with van der Waals surface area (Å²) >= 11 is 6.06. The molecule has 0 aromatic heterocycles. The number of hydrazone groups is 1. The molecule has 0 saturated carbocycles. The van der Waals surface area contributed by atoms with Crippen LogP contribution in [0, 0.1) is 0 Å².